The average molecular weight is 504 g/mol. The quantitative estimate of drug-likeness (QED) is 0.328. The Balaban J connectivity index is 1.52. The molecule has 1 saturated heterocycles. The van der Waals surface area contributed by atoms with Crippen molar-refractivity contribution < 1.29 is 18.7 Å². The molecule has 1 amide bonds. The van der Waals surface area contributed by atoms with Crippen molar-refractivity contribution in [3.63, 3.8) is 0 Å². The Morgan fingerprint density at radius 3 is 2.57 bits per heavy atom. The van der Waals surface area contributed by atoms with E-state index in [1.165, 1.54) is 6.07 Å². The summed E-state index contributed by atoms with van der Waals surface area (Å²) in [5, 5.41) is 3.40. The number of carbonyl (C=O) groups excluding carboxylic acids is 1. The third kappa shape index (κ3) is 7.20. The summed E-state index contributed by atoms with van der Waals surface area (Å²) in [4.78, 5) is 13.8. The summed E-state index contributed by atoms with van der Waals surface area (Å²) in [5.41, 5.74) is 5.52. The van der Waals surface area contributed by atoms with Crippen molar-refractivity contribution in [2.24, 2.45) is 0 Å². The lowest BCUT2D eigenvalue weighted by Crippen LogP contribution is -2.52. The van der Waals surface area contributed by atoms with E-state index in [2.05, 4.69) is 43.4 Å². The second-order valence-electron chi connectivity index (χ2n) is 10.3. The normalized spacial score (nSPS) is 14.8. The molecule has 1 aliphatic heterocycles. The van der Waals surface area contributed by atoms with E-state index in [0.29, 0.717) is 31.8 Å². The van der Waals surface area contributed by atoms with Gasteiger partial charge in [0.1, 0.15) is 18.2 Å². The predicted octanol–water partition coefficient (Wildman–Crippen LogP) is 6.89. The van der Waals surface area contributed by atoms with Gasteiger partial charge in [0, 0.05) is 24.3 Å². The van der Waals surface area contributed by atoms with Crippen molar-refractivity contribution >= 4 is 5.91 Å². The average Bonchev–Trinajstić information content (AvgIpc) is 2.89. The molecule has 0 unspecified atom stereocenters. The van der Waals surface area contributed by atoms with E-state index in [4.69, 9.17) is 9.47 Å². The molecule has 0 spiro atoms. The van der Waals surface area contributed by atoms with Crippen molar-refractivity contribution in [2.45, 2.75) is 71.4 Å². The third-order valence-electron chi connectivity index (χ3n) is 7.29. The number of amides is 1. The second-order valence-corrected chi connectivity index (χ2v) is 10.3. The van der Waals surface area contributed by atoms with Crippen LogP contribution < -0.4 is 10.1 Å². The molecule has 1 fully saturated rings. The first kappa shape index (κ1) is 26.9. The summed E-state index contributed by atoms with van der Waals surface area (Å²) in [5.74, 6) is 0.576. The number of halogens is 1. The molecule has 1 aliphatic rings. The van der Waals surface area contributed by atoms with E-state index >= 15 is 0 Å². The molecule has 3 aromatic carbocycles. The molecule has 196 valence electrons. The van der Waals surface area contributed by atoms with Crippen LogP contribution >= 0.6 is 0 Å². The van der Waals surface area contributed by atoms with Crippen LogP contribution in [0.1, 0.15) is 70.8 Å². The van der Waals surface area contributed by atoms with Crippen LogP contribution in [-0.4, -0.2) is 24.7 Å². The van der Waals surface area contributed by atoms with E-state index < -0.39 is 0 Å². The Labute approximate surface area is 220 Å². The van der Waals surface area contributed by atoms with Crippen molar-refractivity contribution in [2.75, 3.05) is 13.2 Å². The Hall–Kier alpha value is -3.18. The third-order valence-corrected chi connectivity index (χ3v) is 7.29. The van der Waals surface area contributed by atoms with Crippen molar-refractivity contribution in [3.05, 3.63) is 99.9 Å². The molecule has 1 N–H and O–H groups in total. The van der Waals surface area contributed by atoms with Crippen LogP contribution in [0.25, 0.3) is 0 Å². The Kier molecular flexibility index (Phi) is 8.99. The fourth-order valence-corrected chi connectivity index (χ4v) is 5.02. The van der Waals surface area contributed by atoms with Gasteiger partial charge in [0.15, 0.2) is 0 Å². The van der Waals surface area contributed by atoms with E-state index in [1.54, 1.807) is 12.1 Å². The molecule has 3 aromatic rings. The van der Waals surface area contributed by atoms with Gasteiger partial charge in [-0.3, -0.25) is 4.79 Å². The Morgan fingerprint density at radius 1 is 1.00 bits per heavy atom. The van der Waals surface area contributed by atoms with E-state index in [1.807, 2.05) is 25.1 Å². The number of hydrogen-bond donors (Lipinski definition) is 1. The number of benzene rings is 3. The fraction of sp³-hybridized carbons (Fsp3) is 0.406. The van der Waals surface area contributed by atoms with E-state index in [9.17, 15) is 9.18 Å². The van der Waals surface area contributed by atoms with Gasteiger partial charge in [-0.05, 0) is 98.0 Å². The maximum Gasteiger partial charge on any atom is 0.252 e. The highest BCUT2D eigenvalue weighted by Crippen LogP contribution is 2.28. The molecule has 1 heterocycles. The molecule has 5 heteroatoms. The van der Waals surface area contributed by atoms with Crippen LogP contribution in [0.3, 0.4) is 0 Å². The molecule has 0 aliphatic carbocycles. The first-order valence-electron chi connectivity index (χ1n) is 13.3. The first-order valence-corrected chi connectivity index (χ1v) is 13.3. The lowest BCUT2D eigenvalue weighted by molar-refractivity contribution is 0.0328. The molecular formula is C32H38FNO3. The van der Waals surface area contributed by atoms with E-state index in [0.717, 1.165) is 65.7 Å². The zero-order valence-corrected chi connectivity index (χ0v) is 22.2. The first-order chi connectivity index (χ1) is 17.9. The van der Waals surface area contributed by atoms with Crippen molar-refractivity contribution in [3.8, 4) is 5.75 Å². The minimum Gasteiger partial charge on any atom is -0.489 e. The van der Waals surface area contributed by atoms with Gasteiger partial charge in [0.25, 0.3) is 5.91 Å². The summed E-state index contributed by atoms with van der Waals surface area (Å²) in [6, 6.07) is 19.0. The predicted molar refractivity (Wildman–Crippen MR) is 146 cm³/mol. The van der Waals surface area contributed by atoms with Gasteiger partial charge in [-0.15, -0.1) is 0 Å². The number of rotatable bonds is 10. The molecule has 37 heavy (non-hydrogen) atoms. The van der Waals surface area contributed by atoms with Gasteiger partial charge in [0.05, 0.1) is 0 Å². The van der Waals surface area contributed by atoms with Gasteiger partial charge in [0.2, 0.25) is 0 Å². The molecule has 4 nitrogen and oxygen atoms in total. The summed E-state index contributed by atoms with van der Waals surface area (Å²) in [6.45, 7) is 7.82. The van der Waals surface area contributed by atoms with Crippen LogP contribution in [0.2, 0.25) is 0 Å². The van der Waals surface area contributed by atoms with Gasteiger partial charge in [-0.2, -0.15) is 0 Å². The maximum absolute atomic E-state index is 13.8. The minimum atomic E-state index is -0.379. The number of carbonyl (C=O) groups is 1. The SMILES string of the molecule is CCCc1ccc(COc2cc(C)ccc2C)cc1C(=O)NC1(CCc2cccc(F)c2)CCOCC1. The molecule has 4 rings (SSSR count). The number of aryl methyl sites for hydroxylation is 4. The number of hydrogen-bond acceptors (Lipinski definition) is 3. The smallest absolute Gasteiger partial charge is 0.252 e. The highest BCUT2D eigenvalue weighted by atomic mass is 19.1. The maximum atomic E-state index is 13.8. The summed E-state index contributed by atoms with van der Waals surface area (Å²) >= 11 is 0. The van der Waals surface area contributed by atoms with Crippen molar-refractivity contribution in [1.29, 1.82) is 0 Å². The topological polar surface area (TPSA) is 47.6 Å². The van der Waals surface area contributed by atoms with Crippen LogP contribution in [0.15, 0.2) is 60.7 Å². The highest BCUT2D eigenvalue weighted by Gasteiger charge is 2.34. The highest BCUT2D eigenvalue weighted by molar-refractivity contribution is 5.96. The van der Waals surface area contributed by atoms with Crippen LogP contribution in [0, 0.1) is 19.7 Å². The molecule has 0 atom stereocenters. The summed E-state index contributed by atoms with van der Waals surface area (Å²) < 4.78 is 25.5. The summed E-state index contributed by atoms with van der Waals surface area (Å²) in [7, 11) is 0. The molecule has 0 saturated carbocycles. The fourth-order valence-electron chi connectivity index (χ4n) is 5.02. The Morgan fingerprint density at radius 2 is 1.81 bits per heavy atom. The second kappa shape index (κ2) is 12.4. The largest absolute Gasteiger partial charge is 0.489 e. The number of ether oxygens (including phenoxy) is 2. The van der Waals surface area contributed by atoms with Crippen LogP contribution in [0.4, 0.5) is 4.39 Å². The van der Waals surface area contributed by atoms with Gasteiger partial charge in [-0.1, -0.05) is 49.7 Å². The standard InChI is InChI=1S/C32H38FNO3/c1-4-6-27-12-11-26(22-37-30-19-23(2)9-10-24(30)3)21-29(27)31(35)34-32(15-17-36-18-16-32)14-13-25-7-5-8-28(33)20-25/h5,7-12,19-21H,4,6,13-18,22H2,1-3H3,(H,34,35). The monoisotopic (exact) mass is 503 g/mol. The zero-order chi connectivity index (χ0) is 26.3. The van der Waals surface area contributed by atoms with Gasteiger partial charge in [-0.25, -0.2) is 4.39 Å². The molecular weight excluding hydrogens is 465 g/mol. The minimum absolute atomic E-state index is 0.0572. The number of nitrogens with one attached hydrogen (secondary N) is 1. The molecule has 0 radical (unpaired) electrons. The Bertz CT molecular complexity index is 1220. The van der Waals surface area contributed by atoms with Crippen molar-refractivity contribution in [1.82, 2.24) is 5.32 Å². The molecule has 0 bridgehead atoms. The lowest BCUT2D eigenvalue weighted by atomic mass is 9.83. The zero-order valence-electron chi connectivity index (χ0n) is 22.2. The van der Waals surface area contributed by atoms with Crippen LogP contribution in [-0.2, 0) is 24.2 Å². The molecule has 0 aromatic heterocycles. The van der Waals surface area contributed by atoms with Gasteiger partial charge >= 0.3 is 0 Å². The van der Waals surface area contributed by atoms with E-state index in [-0.39, 0.29) is 17.3 Å². The lowest BCUT2D eigenvalue weighted by Gasteiger charge is -2.38. The van der Waals surface area contributed by atoms with Crippen LogP contribution in [0.5, 0.6) is 5.75 Å². The summed E-state index contributed by atoms with van der Waals surface area (Å²) in [6.07, 6.45) is 4.71. The van der Waals surface area contributed by atoms with Gasteiger partial charge < -0.3 is 14.8 Å².